The van der Waals surface area contributed by atoms with Gasteiger partial charge in [-0.15, -0.1) is 0 Å². The predicted octanol–water partition coefficient (Wildman–Crippen LogP) is 4.70. The molecule has 4 heteroatoms. The summed E-state index contributed by atoms with van der Waals surface area (Å²) in [6, 6.07) is 16.1. The van der Waals surface area contributed by atoms with Crippen LogP contribution in [0.4, 0.5) is 0 Å². The Morgan fingerprint density at radius 2 is 2.00 bits per heavy atom. The Hall–Kier alpha value is -2.72. The molecule has 1 aliphatic rings. The minimum Gasteiger partial charge on any atom is -0.504 e. The molecule has 0 amide bonds. The molecule has 4 nitrogen and oxygen atoms in total. The number of ether oxygens (including phenoxy) is 1. The third kappa shape index (κ3) is 3.75. The lowest BCUT2D eigenvalue weighted by molar-refractivity contribution is 0.248. The van der Waals surface area contributed by atoms with Crippen LogP contribution >= 0.6 is 0 Å². The smallest absolute Gasteiger partial charge is 0.161 e. The first-order valence-electron chi connectivity index (χ1n) is 9.09. The van der Waals surface area contributed by atoms with E-state index in [1.165, 1.54) is 17.4 Å². The van der Waals surface area contributed by atoms with Crippen molar-refractivity contribution in [1.29, 1.82) is 0 Å². The summed E-state index contributed by atoms with van der Waals surface area (Å²) in [6.45, 7) is 3.80. The number of benzene rings is 2. The van der Waals surface area contributed by atoms with Gasteiger partial charge in [-0.2, -0.15) is 0 Å². The first kappa shape index (κ1) is 16.7. The first-order valence-corrected chi connectivity index (χ1v) is 9.09. The fraction of sp³-hybridized carbons (Fsp3) is 0.273. The van der Waals surface area contributed by atoms with Crippen molar-refractivity contribution in [1.82, 2.24) is 4.90 Å². The van der Waals surface area contributed by atoms with Crippen molar-refractivity contribution >= 4 is 16.5 Å². The van der Waals surface area contributed by atoms with Crippen LogP contribution in [0.15, 0.2) is 65.3 Å². The molecule has 0 aliphatic carbocycles. The molecule has 0 fully saturated rings. The summed E-state index contributed by atoms with van der Waals surface area (Å²) >= 11 is 0. The Balaban J connectivity index is 1.23. The fourth-order valence-corrected chi connectivity index (χ4v) is 3.39. The predicted molar refractivity (Wildman–Crippen MR) is 103 cm³/mol. The molecular formula is C22H23NO3. The zero-order valence-corrected chi connectivity index (χ0v) is 14.7. The summed E-state index contributed by atoms with van der Waals surface area (Å²) in [7, 11) is 0. The van der Waals surface area contributed by atoms with Gasteiger partial charge in [-0.1, -0.05) is 36.4 Å². The van der Waals surface area contributed by atoms with Crippen LogP contribution in [0, 0.1) is 0 Å². The number of aromatic hydroxyl groups is 1. The zero-order chi connectivity index (χ0) is 17.8. The van der Waals surface area contributed by atoms with E-state index < -0.39 is 0 Å². The van der Waals surface area contributed by atoms with Crippen molar-refractivity contribution in [2.45, 2.75) is 12.8 Å². The third-order valence-electron chi connectivity index (χ3n) is 4.85. The number of hydrogen-bond acceptors (Lipinski definition) is 4. The second-order valence-corrected chi connectivity index (χ2v) is 6.63. The van der Waals surface area contributed by atoms with Crippen molar-refractivity contribution < 1.29 is 14.3 Å². The Labute approximate surface area is 153 Å². The van der Waals surface area contributed by atoms with Crippen molar-refractivity contribution in [3.8, 4) is 11.5 Å². The normalized spacial score (nSPS) is 15.2. The van der Waals surface area contributed by atoms with Gasteiger partial charge in [0.15, 0.2) is 5.75 Å². The Kier molecular flexibility index (Phi) is 4.93. The summed E-state index contributed by atoms with van der Waals surface area (Å²) in [6.07, 6.45) is 5.78. The lowest BCUT2D eigenvalue weighted by Gasteiger charge is -2.26. The molecule has 0 spiro atoms. The molecule has 0 bridgehead atoms. The first-order chi connectivity index (χ1) is 12.8. The van der Waals surface area contributed by atoms with E-state index >= 15 is 0 Å². The number of hydrogen-bond donors (Lipinski definition) is 1. The van der Waals surface area contributed by atoms with Crippen LogP contribution < -0.4 is 4.74 Å². The highest BCUT2D eigenvalue weighted by atomic mass is 16.5. The molecule has 2 aromatic carbocycles. The SMILES string of the molecule is Oc1coc2cc(OCCCN3CC=C(c4ccccc4)CC3)ccc12. The second kappa shape index (κ2) is 7.67. The van der Waals surface area contributed by atoms with E-state index in [1.54, 1.807) is 0 Å². The average molecular weight is 349 g/mol. The van der Waals surface area contributed by atoms with E-state index in [0.29, 0.717) is 17.6 Å². The van der Waals surface area contributed by atoms with Gasteiger partial charge in [0.2, 0.25) is 0 Å². The van der Waals surface area contributed by atoms with E-state index in [1.807, 2.05) is 18.2 Å². The minimum atomic E-state index is 0.166. The summed E-state index contributed by atoms with van der Waals surface area (Å²) < 4.78 is 11.1. The lowest BCUT2D eigenvalue weighted by Crippen LogP contribution is -2.30. The summed E-state index contributed by atoms with van der Waals surface area (Å²) in [5.74, 6) is 0.941. The standard InChI is InChI=1S/C22H23NO3/c24-21-16-26-22-15-19(7-8-20(21)22)25-14-4-11-23-12-9-18(10-13-23)17-5-2-1-3-6-17/h1-3,5-9,15-16,24H,4,10-14H2. The maximum atomic E-state index is 9.61. The highest BCUT2D eigenvalue weighted by molar-refractivity contribution is 5.84. The van der Waals surface area contributed by atoms with Gasteiger partial charge < -0.3 is 14.3 Å². The average Bonchev–Trinajstić information content (AvgIpc) is 3.07. The third-order valence-corrected chi connectivity index (χ3v) is 4.85. The Morgan fingerprint density at radius 1 is 1.12 bits per heavy atom. The van der Waals surface area contributed by atoms with Crippen LogP contribution in [0.2, 0.25) is 0 Å². The molecule has 134 valence electrons. The van der Waals surface area contributed by atoms with E-state index in [9.17, 15) is 5.11 Å². The van der Waals surface area contributed by atoms with Crippen LogP contribution in [0.5, 0.6) is 11.5 Å². The van der Waals surface area contributed by atoms with Crippen LogP contribution in [-0.2, 0) is 0 Å². The second-order valence-electron chi connectivity index (χ2n) is 6.63. The Bertz CT molecular complexity index is 898. The number of furan rings is 1. The van der Waals surface area contributed by atoms with E-state index in [4.69, 9.17) is 9.15 Å². The number of nitrogens with zero attached hydrogens (tertiary/aromatic N) is 1. The van der Waals surface area contributed by atoms with Crippen molar-refractivity contribution in [2.24, 2.45) is 0 Å². The number of fused-ring (bicyclic) bond motifs is 1. The van der Waals surface area contributed by atoms with Gasteiger partial charge >= 0.3 is 0 Å². The highest BCUT2D eigenvalue weighted by Crippen LogP contribution is 2.29. The largest absolute Gasteiger partial charge is 0.504 e. The van der Waals surface area contributed by atoms with Crippen molar-refractivity contribution in [2.75, 3.05) is 26.2 Å². The van der Waals surface area contributed by atoms with E-state index in [-0.39, 0.29) is 5.75 Å². The maximum absolute atomic E-state index is 9.61. The Morgan fingerprint density at radius 3 is 2.81 bits per heavy atom. The molecular weight excluding hydrogens is 326 g/mol. The van der Waals surface area contributed by atoms with Gasteiger partial charge in [0.1, 0.15) is 17.6 Å². The molecule has 2 heterocycles. The van der Waals surface area contributed by atoms with Gasteiger partial charge in [0.05, 0.1) is 12.0 Å². The molecule has 3 aromatic rings. The van der Waals surface area contributed by atoms with Gasteiger partial charge in [-0.3, -0.25) is 4.90 Å². The molecule has 1 N–H and O–H groups in total. The van der Waals surface area contributed by atoms with Crippen molar-refractivity contribution in [3.63, 3.8) is 0 Å². The summed E-state index contributed by atoms with van der Waals surface area (Å²) in [4.78, 5) is 2.46. The molecule has 0 radical (unpaired) electrons. The lowest BCUT2D eigenvalue weighted by atomic mass is 9.99. The zero-order valence-electron chi connectivity index (χ0n) is 14.7. The molecule has 4 rings (SSSR count). The van der Waals surface area contributed by atoms with Crippen molar-refractivity contribution in [3.05, 3.63) is 66.4 Å². The topological polar surface area (TPSA) is 45.8 Å². The monoisotopic (exact) mass is 349 g/mol. The molecule has 0 atom stereocenters. The fourth-order valence-electron chi connectivity index (χ4n) is 3.39. The van der Waals surface area contributed by atoms with Crippen LogP contribution in [0.3, 0.4) is 0 Å². The molecule has 26 heavy (non-hydrogen) atoms. The van der Waals surface area contributed by atoms with Crippen LogP contribution in [0.1, 0.15) is 18.4 Å². The maximum Gasteiger partial charge on any atom is 0.161 e. The van der Waals surface area contributed by atoms with E-state index in [0.717, 1.165) is 38.2 Å². The quantitative estimate of drug-likeness (QED) is 0.656. The van der Waals surface area contributed by atoms with Gasteiger partial charge in [0.25, 0.3) is 0 Å². The highest BCUT2D eigenvalue weighted by Gasteiger charge is 2.12. The van der Waals surface area contributed by atoms with Gasteiger partial charge in [0, 0.05) is 25.7 Å². The summed E-state index contributed by atoms with van der Waals surface area (Å²) in [5, 5.41) is 10.3. The summed E-state index contributed by atoms with van der Waals surface area (Å²) in [5.41, 5.74) is 3.44. The number of rotatable bonds is 6. The van der Waals surface area contributed by atoms with Crippen LogP contribution in [-0.4, -0.2) is 36.2 Å². The van der Waals surface area contributed by atoms with E-state index in [2.05, 4.69) is 41.3 Å². The van der Waals surface area contributed by atoms with Gasteiger partial charge in [-0.25, -0.2) is 0 Å². The molecule has 1 aromatic heterocycles. The molecule has 0 unspecified atom stereocenters. The van der Waals surface area contributed by atoms with Crippen LogP contribution in [0.25, 0.3) is 16.5 Å². The molecule has 0 saturated heterocycles. The molecule has 1 aliphatic heterocycles. The minimum absolute atomic E-state index is 0.166. The molecule has 0 saturated carbocycles. The van der Waals surface area contributed by atoms with Gasteiger partial charge in [-0.05, 0) is 36.1 Å².